The molecule has 3 aromatic rings. The number of nitrogens with zero attached hydrogens (tertiary/aromatic N) is 3. The number of morpholine rings is 1. The molecule has 6 nitrogen and oxygen atoms in total. The summed E-state index contributed by atoms with van der Waals surface area (Å²) in [5.74, 6) is 0.563. The van der Waals surface area contributed by atoms with Gasteiger partial charge in [-0.3, -0.25) is 4.79 Å². The summed E-state index contributed by atoms with van der Waals surface area (Å²) >= 11 is 12.4. The molecule has 0 unspecified atom stereocenters. The molecule has 0 radical (unpaired) electrons. The highest BCUT2D eigenvalue weighted by molar-refractivity contribution is 6.36. The molecule has 1 amide bonds. The Morgan fingerprint density at radius 1 is 1.26 bits per heavy atom. The summed E-state index contributed by atoms with van der Waals surface area (Å²) in [5, 5.41) is 5.72. The van der Waals surface area contributed by atoms with Crippen molar-refractivity contribution < 1.29 is 13.9 Å². The zero-order chi connectivity index (χ0) is 19.1. The molecule has 1 aliphatic rings. The van der Waals surface area contributed by atoms with Gasteiger partial charge in [-0.05, 0) is 31.5 Å². The van der Waals surface area contributed by atoms with Crippen LogP contribution < -0.4 is 0 Å². The summed E-state index contributed by atoms with van der Waals surface area (Å²) in [6.45, 7) is 6.02. The van der Waals surface area contributed by atoms with E-state index in [1.165, 1.54) is 0 Å². The van der Waals surface area contributed by atoms with Gasteiger partial charge in [0.25, 0.3) is 5.91 Å². The number of rotatable bonds is 3. The first kappa shape index (κ1) is 18.3. The van der Waals surface area contributed by atoms with Crippen LogP contribution in [0.3, 0.4) is 0 Å². The third-order valence-electron chi connectivity index (χ3n) is 4.74. The molecule has 0 aliphatic carbocycles. The molecule has 1 fully saturated rings. The lowest BCUT2D eigenvalue weighted by molar-refractivity contribution is 0.0302. The van der Waals surface area contributed by atoms with E-state index >= 15 is 0 Å². The highest BCUT2D eigenvalue weighted by Crippen LogP contribution is 2.35. The molecule has 1 aliphatic heterocycles. The largest absolute Gasteiger partial charge is 0.440 e. The number of aromatic nitrogens is 2. The molecule has 8 heteroatoms. The molecule has 142 valence electrons. The van der Waals surface area contributed by atoms with Crippen LogP contribution in [0.25, 0.3) is 17.0 Å². The summed E-state index contributed by atoms with van der Waals surface area (Å²) in [4.78, 5) is 14.9. The van der Waals surface area contributed by atoms with E-state index in [-0.39, 0.29) is 5.91 Å². The topological polar surface area (TPSA) is 60.0 Å². The fraction of sp³-hybridized carbons (Fsp3) is 0.368. The Morgan fingerprint density at radius 3 is 2.67 bits per heavy atom. The third kappa shape index (κ3) is 3.12. The zero-order valence-corrected chi connectivity index (χ0v) is 16.6. The Hall–Kier alpha value is -2.02. The van der Waals surface area contributed by atoms with Crippen LogP contribution in [0.1, 0.15) is 28.7 Å². The average Bonchev–Trinajstić information content (AvgIpc) is 3.16. The SMILES string of the molecule is CCc1nn2c(-c3ccc(Cl)cc3Cl)c(C)oc2c1C(=O)N1CCOCC1. The maximum atomic E-state index is 13.1. The number of oxazole rings is 1. The molecular weight excluding hydrogens is 389 g/mol. The van der Waals surface area contributed by atoms with Crippen LogP contribution in [-0.4, -0.2) is 46.7 Å². The van der Waals surface area contributed by atoms with Gasteiger partial charge in [0.1, 0.15) is 17.0 Å². The summed E-state index contributed by atoms with van der Waals surface area (Å²) < 4.78 is 13.0. The van der Waals surface area contributed by atoms with Gasteiger partial charge in [-0.15, -0.1) is 0 Å². The smallest absolute Gasteiger partial charge is 0.261 e. The Kier molecular flexibility index (Phi) is 4.88. The van der Waals surface area contributed by atoms with E-state index in [1.807, 2.05) is 19.9 Å². The van der Waals surface area contributed by atoms with Crippen LogP contribution in [0, 0.1) is 6.92 Å². The van der Waals surface area contributed by atoms with Crippen molar-refractivity contribution in [1.82, 2.24) is 14.5 Å². The number of fused-ring (bicyclic) bond motifs is 1. The lowest BCUT2D eigenvalue weighted by Gasteiger charge is -2.26. The van der Waals surface area contributed by atoms with Crippen molar-refractivity contribution in [2.45, 2.75) is 20.3 Å². The van der Waals surface area contributed by atoms with Crippen molar-refractivity contribution in [3.63, 3.8) is 0 Å². The number of amides is 1. The van der Waals surface area contributed by atoms with Gasteiger partial charge in [0.2, 0.25) is 5.71 Å². The quantitative estimate of drug-likeness (QED) is 0.651. The molecule has 0 atom stereocenters. The van der Waals surface area contributed by atoms with E-state index < -0.39 is 0 Å². The number of carbonyl (C=O) groups is 1. The second-order valence-electron chi connectivity index (χ2n) is 6.43. The van der Waals surface area contributed by atoms with Crippen molar-refractivity contribution in [2.75, 3.05) is 26.3 Å². The van der Waals surface area contributed by atoms with Crippen molar-refractivity contribution in [3.05, 3.63) is 45.3 Å². The number of carbonyl (C=O) groups excluding carboxylic acids is 1. The Labute approximate surface area is 166 Å². The Bertz CT molecular complexity index is 1020. The summed E-state index contributed by atoms with van der Waals surface area (Å²) in [5.41, 5.74) is 3.15. The fourth-order valence-electron chi connectivity index (χ4n) is 3.41. The van der Waals surface area contributed by atoms with Gasteiger partial charge in [0.05, 0.1) is 23.9 Å². The number of ether oxygens (including phenoxy) is 1. The van der Waals surface area contributed by atoms with Gasteiger partial charge < -0.3 is 14.1 Å². The van der Waals surface area contributed by atoms with Crippen molar-refractivity contribution >= 4 is 34.8 Å². The normalized spacial score (nSPS) is 14.9. The van der Waals surface area contributed by atoms with Crippen molar-refractivity contribution in [1.29, 1.82) is 0 Å². The van der Waals surface area contributed by atoms with Gasteiger partial charge in [0, 0.05) is 23.7 Å². The molecule has 4 rings (SSSR count). The molecule has 1 saturated heterocycles. The second-order valence-corrected chi connectivity index (χ2v) is 7.27. The van der Waals surface area contributed by atoms with Crippen molar-refractivity contribution in [2.24, 2.45) is 0 Å². The van der Waals surface area contributed by atoms with Crippen LogP contribution >= 0.6 is 23.2 Å². The number of aryl methyl sites for hydroxylation is 2. The molecule has 1 aromatic carbocycles. The first-order valence-electron chi connectivity index (χ1n) is 8.84. The van der Waals surface area contributed by atoms with E-state index in [2.05, 4.69) is 5.10 Å². The second kappa shape index (κ2) is 7.19. The van der Waals surface area contributed by atoms with E-state index in [0.717, 1.165) is 11.3 Å². The molecule has 0 spiro atoms. The van der Waals surface area contributed by atoms with Crippen LogP contribution in [0.4, 0.5) is 0 Å². The molecule has 0 saturated carbocycles. The number of hydrogen-bond donors (Lipinski definition) is 0. The molecule has 27 heavy (non-hydrogen) atoms. The third-order valence-corrected chi connectivity index (χ3v) is 5.29. The fourth-order valence-corrected chi connectivity index (χ4v) is 3.90. The van der Waals surface area contributed by atoms with Gasteiger partial charge in [0.15, 0.2) is 0 Å². The Morgan fingerprint density at radius 2 is 2.00 bits per heavy atom. The Balaban J connectivity index is 1.88. The lowest BCUT2D eigenvalue weighted by atomic mass is 10.1. The predicted octanol–water partition coefficient (Wildman–Crippen LogP) is 4.24. The van der Waals surface area contributed by atoms with Gasteiger partial charge >= 0.3 is 0 Å². The molecule has 2 aromatic heterocycles. The predicted molar refractivity (Wildman–Crippen MR) is 104 cm³/mol. The average molecular weight is 408 g/mol. The van der Waals surface area contributed by atoms with E-state index in [9.17, 15) is 4.79 Å². The molecule has 0 N–H and O–H groups in total. The minimum atomic E-state index is -0.0762. The zero-order valence-electron chi connectivity index (χ0n) is 15.1. The molecule has 3 heterocycles. The van der Waals surface area contributed by atoms with Gasteiger partial charge in [-0.1, -0.05) is 30.1 Å². The van der Waals surface area contributed by atoms with Gasteiger partial charge in [-0.25, -0.2) is 0 Å². The van der Waals surface area contributed by atoms with E-state index in [1.54, 1.807) is 21.5 Å². The van der Waals surface area contributed by atoms with Crippen LogP contribution in [0.2, 0.25) is 10.0 Å². The number of halogens is 2. The summed E-state index contributed by atoms with van der Waals surface area (Å²) in [6, 6.07) is 5.28. The maximum Gasteiger partial charge on any atom is 0.261 e. The van der Waals surface area contributed by atoms with Crippen LogP contribution in [0.5, 0.6) is 0 Å². The first-order valence-corrected chi connectivity index (χ1v) is 9.60. The van der Waals surface area contributed by atoms with Crippen molar-refractivity contribution in [3.8, 4) is 11.3 Å². The summed E-state index contributed by atoms with van der Waals surface area (Å²) in [7, 11) is 0. The van der Waals surface area contributed by atoms with Crippen LogP contribution in [-0.2, 0) is 11.2 Å². The first-order chi connectivity index (χ1) is 13.0. The number of hydrogen-bond acceptors (Lipinski definition) is 4. The lowest BCUT2D eigenvalue weighted by Crippen LogP contribution is -2.40. The molecule has 0 bridgehead atoms. The summed E-state index contributed by atoms with van der Waals surface area (Å²) in [6.07, 6.45) is 0.620. The number of benzene rings is 1. The maximum absolute atomic E-state index is 13.1. The van der Waals surface area contributed by atoms with E-state index in [4.69, 9.17) is 32.4 Å². The minimum absolute atomic E-state index is 0.0762. The minimum Gasteiger partial charge on any atom is -0.440 e. The van der Waals surface area contributed by atoms with Crippen LogP contribution in [0.15, 0.2) is 22.6 Å². The highest BCUT2D eigenvalue weighted by Gasteiger charge is 2.30. The van der Waals surface area contributed by atoms with Gasteiger partial charge in [-0.2, -0.15) is 9.61 Å². The molecular formula is C19H19Cl2N3O3. The monoisotopic (exact) mass is 407 g/mol. The highest BCUT2D eigenvalue weighted by atomic mass is 35.5. The van der Waals surface area contributed by atoms with E-state index in [0.29, 0.717) is 65.5 Å². The standard InChI is InChI=1S/C19H19Cl2N3O3/c1-3-15-16(18(25)23-6-8-26-9-7-23)19-24(22-15)17(11(2)27-19)13-5-4-12(20)10-14(13)21/h4-5,10H,3,6-9H2,1-2H3.